The molecule has 0 saturated heterocycles. The van der Waals surface area contributed by atoms with Crippen LogP contribution in [0.15, 0.2) is 0 Å². The average Bonchev–Trinajstić information content (AvgIpc) is 1.86. The van der Waals surface area contributed by atoms with Gasteiger partial charge in [-0.1, -0.05) is 39.5 Å². The molecule has 0 aromatic rings. The number of unbranched alkanes of at least 4 members (excludes halogenated alkanes) is 3. The first-order valence-electron chi connectivity index (χ1n) is 3.71. The summed E-state index contributed by atoms with van der Waals surface area (Å²) in [6.07, 6.45) is 5.07. The van der Waals surface area contributed by atoms with Crippen LogP contribution < -0.4 is 0 Å². The molecule has 0 saturated carbocycles. The van der Waals surface area contributed by atoms with Crippen molar-refractivity contribution in [1.82, 2.24) is 0 Å². The molecule has 0 aliphatic heterocycles. The Bertz CT molecular complexity index is 23.7. The van der Waals surface area contributed by atoms with E-state index in [1.54, 1.807) is 0 Å². The third-order valence-corrected chi connectivity index (χ3v) is 0.854. The van der Waals surface area contributed by atoms with E-state index < -0.39 is 0 Å². The van der Waals surface area contributed by atoms with Crippen molar-refractivity contribution in [2.24, 2.45) is 0 Å². The fraction of sp³-hybridized carbons (Fsp3) is 0.875. The Labute approximate surface area is 70.6 Å². The van der Waals surface area contributed by atoms with Gasteiger partial charge in [-0.2, -0.15) is 0 Å². The zero-order valence-corrected chi connectivity index (χ0v) is 9.89. The van der Waals surface area contributed by atoms with Gasteiger partial charge in [0.2, 0.25) is 0 Å². The van der Waals surface area contributed by atoms with Crippen LogP contribution in [0.2, 0.25) is 9.88 Å². The summed E-state index contributed by atoms with van der Waals surface area (Å²) >= 11 is 0.230. The molecule has 0 heterocycles. The van der Waals surface area contributed by atoms with Crippen molar-refractivity contribution in [2.75, 3.05) is 0 Å². The molecule has 0 aromatic carbocycles. The van der Waals surface area contributed by atoms with Gasteiger partial charge < -0.3 is 0 Å². The summed E-state index contributed by atoms with van der Waals surface area (Å²) < 4.78 is 0. The predicted octanol–water partition coefficient (Wildman–Crippen LogP) is 3.19. The van der Waals surface area contributed by atoms with E-state index in [1.807, 2.05) is 0 Å². The minimum absolute atomic E-state index is 0.230. The van der Waals surface area contributed by atoms with Crippen LogP contribution in [-0.4, -0.2) is 21.1 Å². The molecule has 0 atom stereocenters. The van der Waals surface area contributed by atoms with Crippen LogP contribution in [0.4, 0.5) is 0 Å². The molecule has 55 valence electrons. The summed E-state index contributed by atoms with van der Waals surface area (Å²) in [6.45, 7) is 5.93. The van der Waals surface area contributed by atoms with Crippen LogP contribution in [-0.2, 0) is 0 Å². The molecule has 0 aliphatic rings. The van der Waals surface area contributed by atoms with Crippen LogP contribution in [0.1, 0.15) is 32.6 Å². The molecule has 0 N–H and O–H groups in total. The van der Waals surface area contributed by atoms with Gasteiger partial charge in [0.25, 0.3) is 0 Å². The molecule has 0 rings (SSSR count). The van der Waals surface area contributed by atoms with E-state index in [0.717, 1.165) is 6.42 Å². The zero-order chi connectivity index (χ0) is 7.54. The summed E-state index contributed by atoms with van der Waals surface area (Å²) in [4.78, 5) is 4.59. The fourth-order valence-corrected chi connectivity index (χ4v) is 0.427. The number of hydrogen-bond acceptors (Lipinski definition) is 0. The predicted molar refractivity (Wildman–Crippen MR) is 47.0 cm³/mol. The van der Waals surface area contributed by atoms with Crippen LogP contribution in [0.25, 0.3) is 0 Å². The third kappa shape index (κ3) is 28.2. The molecule has 0 aliphatic carbocycles. The molecule has 0 unspecified atom stereocenters. The fourth-order valence-electron chi connectivity index (χ4n) is 0.427. The Kier molecular flexibility index (Phi) is 22.1. The second-order valence-electron chi connectivity index (χ2n) is 2.06. The van der Waals surface area contributed by atoms with Crippen molar-refractivity contribution >= 4 is 21.1 Å². The monoisotopic (exact) mass is 235 g/mol. The Morgan fingerprint density at radius 1 is 1.22 bits per heavy atom. The van der Waals surface area contributed by atoms with Gasteiger partial charge in [-0.25, -0.2) is 0 Å². The van der Waals surface area contributed by atoms with E-state index in [0.29, 0.717) is 0 Å². The molecule has 0 spiro atoms. The van der Waals surface area contributed by atoms with Crippen molar-refractivity contribution in [3.8, 4) is 0 Å². The quantitative estimate of drug-likeness (QED) is 0.519. The van der Waals surface area contributed by atoms with Crippen molar-refractivity contribution in [1.29, 1.82) is 0 Å². The SMILES string of the molecule is [CH2]CCCCC.[CH3][Sn][CH3]. The van der Waals surface area contributed by atoms with Gasteiger partial charge in [-0.3, -0.25) is 0 Å². The molecule has 0 bridgehead atoms. The van der Waals surface area contributed by atoms with E-state index in [1.165, 1.54) is 19.3 Å². The van der Waals surface area contributed by atoms with Gasteiger partial charge in [-0.05, 0) is 0 Å². The molecule has 3 radical (unpaired) electrons. The summed E-state index contributed by atoms with van der Waals surface area (Å²) in [7, 11) is 0. The second kappa shape index (κ2) is 15.9. The van der Waals surface area contributed by atoms with E-state index in [9.17, 15) is 0 Å². The Hall–Kier alpha value is 0.799. The molecule has 0 aromatic heterocycles. The van der Waals surface area contributed by atoms with Gasteiger partial charge in [0.05, 0.1) is 0 Å². The molecular formula is C8H19Sn. The molecular weight excluding hydrogens is 215 g/mol. The molecule has 0 nitrogen and oxygen atoms in total. The van der Waals surface area contributed by atoms with Crippen LogP contribution in [0.3, 0.4) is 0 Å². The standard InChI is InChI=1S/C6H13.2CH3.Sn/c1-3-5-6-4-2;;;/h1,3-6H2,2H3;2*1H3;. The normalized spacial score (nSPS) is 8.00. The van der Waals surface area contributed by atoms with E-state index in [4.69, 9.17) is 0 Å². The second-order valence-corrected chi connectivity index (χ2v) is 4.91. The van der Waals surface area contributed by atoms with Crippen LogP contribution in [0, 0.1) is 6.92 Å². The minimum atomic E-state index is 0.230. The van der Waals surface area contributed by atoms with Crippen molar-refractivity contribution in [3.63, 3.8) is 0 Å². The van der Waals surface area contributed by atoms with Gasteiger partial charge >= 0.3 is 31.0 Å². The molecule has 0 fully saturated rings. The average molecular weight is 234 g/mol. The summed E-state index contributed by atoms with van der Waals surface area (Å²) in [5.41, 5.74) is 0. The maximum atomic E-state index is 3.72. The molecule has 9 heavy (non-hydrogen) atoms. The van der Waals surface area contributed by atoms with Crippen molar-refractivity contribution in [3.05, 3.63) is 6.92 Å². The summed E-state index contributed by atoms with van der Waals surface area (Å²) in [5, 5.41) is 0. The van der Waals surface area contributed by atoms with Crippen LogP contribution >= 0.6 is 0 Å². The first kappa shape index (κ1) is 12.5. The van der Waals surface area contributed by atoms with Crippen molar-refractivity contribution in [2.45, 2.75) is 42.5 Å². The van der Waals surface area contributed by atoms with Gasteiger partial charge in [0, 0.05) is 0 Å². The first-order chi connectivity index (χ1) is 4.33. The van der Waals surface area contributed by atoms with Gasteiger partial charge in [-0.15, -0.1) is 0 Å². The maximum absolute atomic E-state index is 3.72. The molecule has 1 heteroatoms. The van der Waals surface area contributed by atoms with Gasteiger partial charge in [0.15, 0.2) is 0 Å². The summed E-state index contributed by atoms with van der Waals surface area (Å²) in [5.74, 6) is 0. The van der Waals surface area contributed by atoms with Gasteiger partial charge in [0.1, 0.15) is 0 Å². The van der Waals surface area contributed by atoms with E-state index >= 15 is 0 Å². The molecule has 0 amide bonds. The van der Waals surface area contributed by atoms with Crippen LogP contribution in [0.5, 0.6) is 0 Å². The Balaban J connectivity index is 0. The zero-order valence-electron chi connectivity index (χ0n) is 7.04. The number of rotatable bonds is 3. The third-order valence-electron chi connectivity index (χ3n) is 0.854. The van der Waals surface area contributed by atoms with Crippen molar-refractivity contribution < 1.29 is 0 Å². The topological polar surface area (TPSA) is 0 Å². The van der Waals surface area contributed by atoms with E-state index in [-0.39, 0.29) is 21.1 Å². The first-order valence-corrected chi connectivity index (χ1v) is 9.42. The Morgan fingerprint density at radius 3 is 1.78 bits per heavy atom. The Morgan fingerprint density at radius 2 is 1.67 bits per heavy atom. The van der Waals surface area contributed by atoms with E-state index in [2.05, 4.69) is 23.7 Å². The number of hydrogen-bond donors (Lipinski definition) is 0. The summed E-state index contributed by atoms with van der Waals surface area (Å²) in [6, 6.07) is 0.